The van der Waals surface area contributed by atoms with E-state index in [0.29, 0.717) is 0 Å². The Hall–Kier alpha value is -1.62. The summed E-state index contributed by atoms with van der Waals surface area (Å²) in [6.07, 6.45) is 10.5. The van der Waals surface area contributed by atoms with Crippen molar-refractivity contribution >= 4 is 0 Å². The molecule has 0 amide bonds. The van der Waals surface area contributed by atoms with Crippen molar-refractivity contribution in [1.82, 2.24) is 0 Å². The van der Waals surface area contributed by atoms with E-state index in [1.807, 2.05) is 12.2 Å². The Labute approximate surface area is 54.6 Å². The Bertz CT molecular complexity index is 291. The third-order valence-electron chi connectivity index (χ3n) is 0.867. The first-order valence-corrected chi connectivity index (χ1v) is 2.53. The third-order valence-corrected chi connectivity index (χ3v) is 0.867. The van der Waals surface area contributed by atoms with Crippen LogP contribution >= 0.6 is 0 Å². The molecule has 0 aromatic heterocycles. The van der Waals surface area contributed by atoms with Gasteiger partial charge in [0.05, 0.1) is 5.57 Å². The molecule has 0 heterocycles. The third kappa shape index (κ3) is 1.39. The summed E-state index contributed by atoms with van der Waals surface area (Å²) in [5, 5.41) is 0. The van der Waals surface area contributed by atoms with Gasteiger partial charge >= 0.3 is 0 Å². The minimum atomic E-state index is 0.855. The van der Waals surface area contributed by atoms with Crippen molar-refractivity contribution < 1.29 is 0 Å². The molecule has 0 spiro atoms. The molecule has 0 N–H and O–H groups in total. The quantitative estimate of drug-likeness (QED) is 0.327. The van der Waals surface area contributed by atoms with Crippen LogP contribution in [0.3, 0.4) is 0 Å². The highest BCUT2D eigenvalue weighted by Gasteiger charge is 1.83. The second-order valence-corrected chi connectivity index (χ2v) is 1.48. The summed E-state index contributed by atoms with van der Waals surface area (Å²) in [4.78, 5) is 0. The van der Waals surface area contributed by atoms with Crippen LogP contribution in [0.1, 0.15) is 0 Å². The SMILES string of the molecule is C#CC#CC1=C=CC=C1. The van der Waals surface area contributed by atoms with Gasteiger partial charge in [0.25, 0.3) is 0 Å². The van der Waals surface area contributed by atoms with Gasteiger partial charge in [-0.2, -0.15) is 0 Å². The van der Waals surface area contributed by atoms with Gasteiger partial charge in [-0.05, 0) is 29.9 Å². The molecule has 0 radical (unpaired) electrons. The van der Waals surface area contributed by atoms with Crippen molar-refractivity contribution in [2.75, 3.05) is 0 Å². The minimum Gasteiger partial charge on any atom is -0.106 e. The second kappa shape index (κ2) is 2.63. The van der Waals surface area contributed by atoms with Crippen LogP contribution in [0.5, 0.6) is 0 Å². The fourth-order valence-corrected chi connectivity index (χ4v) is 0.512. The predicted molar refractivity (Wildman–Crippen MR) is 37.3 cm³/mol. The molecule has 0 heteroatoms. The fraction of sp³-hybridized carbons (Fsp3) is 0. The smallest absolute Gasteiger partial charge is 0.0674 e. The summed E-state index contributed by atoms with van der Waals surface area (Å²) in [5.41, 5.74) is 3.76. The van der Waals surface area contributed by atoms with E-state index in [4.69, 9.17) is 6.42 Å². The molecule has 0 aromatic rings. The van der Waals surface area contributed by atoms with Gasteiger partial charge in [0, 0.05) is 0 Å². The summed E-state index contributed by atoms with van der Waals surface area (Å²) in [6, 6.07) is 0. The number of rotatable bonds is 0. The molecule has 1 aliphatic carbocycles. The number of hydrogen-bond donors (Lipinski definition) is 0. The first-order chi connectivity index (χ1) is 4.43. The van der Waals surface area contributed by atoms with Gasteiger partial charge in [-0.25, -0.2) is 0 Å². The Morgan fingerprint density at radius 1 is 1.56 bits per heavy atom. The van der Waals surface area contributed by atoms with Gasteiger partial charge in [0.1, 0.15) is 0 Å². The Morgan fingerprint density at radius 2 is 2.44 bits per heavy atom. The van der Waals surface area contributed by atoms with Crippen LogP contribution in [-0.2, 0) is 0 Å². The van der Waals surface area contributed by atoms with Gasteiger partial charge in [0.2, 0.25) is 0 Å². The van der Waals surface area contributed by atoms with Crippen molar-refractivity contribution in [3.63, 3.8) is 0 Å². The lowest BCUT2D eigenvalue weighted by Gasteiger charge is -1.71. The van der Waals surface area contributed by atoms with Crippen LogP contribution < -0.4 is 0 Å². The largest absolute Gasteiger partial charge is 0.106 e. The summed E-state index contributed by atoms with van der Waals surface area (Å²) in [7, 11) is 0. The molecule has 1 aliphatic rings. The Morgan fingerprint density at radius 3 is 3.00 bits per heavy atom. The molecule has 0 aliphatic heterocycles. The minimum absolute atomic E-state index is 0.855. The summed E-state index contributed by atoms with van der Waals surface area (Å²) in [5.74, 6) is 7.45. The normalized spacial score (nSPS) is 11.7. The summed E-state index contributed by atoms with van der Waals surface area (Å²) < 4.78 is 0. The molecule has 0 atom stereocenters. The van der Waals surface area contributed by atoms with Crippen molar-refractivity contribution in [1.29, 1.82) is 0 Å². The molecule has 1 rings (SSSR count). The zero-order valence-corrected chi connectivity index (χ0v) is 4.81. The molecular formula is C9H4. The van der Waals surface area contributed by atoms with Gasteiger partial charge in [-0.1, -0.05) is 6.08 Å². The Balaban J connectivity index is 2.81. The van der Waals surface area contributed by atoms with Crippen LogP contribution in [0.4, 0.5) is 0 Å². The van der Waals surface area contributed by atoms with Crippen LogP contribution in [0.25, 0.3) is 0 Å². The first-order valence-electron chi connectivity index (χ1n) is 2.53. The summed E-state index contributed by atoms with van der Waals surface area (Å²) >= 11 is 0. The standard InChI is InChI=1S/C9H4/c1-2-3-6-9-7-4-5-8-9/h1,4-5,7H. The first kappa shape index (κ1) is 5.52. The topological polar surface area (TPSA) is 0 Å². The van der Waals surface area contributed by atoms with Gasteiger partial charge < -0.3 is 0 Å². The summed E-state index contributed by atoms with van der Waals surface area (Å²) in [6.45, 7) is 0. The molecule has 0 nitrogen and oxygen atoms in total. The number of terminal acetylenes is 1. The maximum Gasteiger partial charge on any atom is 0.0674 e. The van der Waals surface area contributed by atoms with E-state index < -0.39 is 0 Å². The van der Waals surface area contributed by atoms with E-state index in [-0.39, 0.29) is 0 Å². The highest BCUT2D eigenvalue weighted by Crippen LogP contribution is 1.97. The van der Waals surface area contributed by atoms with Crippen LogP contribution in [0, 0.1) is 24.2 Å². The average Bonchev–Trinajstić information content (AvgIpc) is 2.34. The van der Waals surface area contributed by atoms with Crippen molar-refractivity contribution in [3.05, 3.63) is 29.5 Å². The maximum absolute atomic E-state index is 4.91. The maximum atomic E-state index is 4.91. The van der Waals surface area contributed by atoms with E-state index in [0.717, 1.165) is 5.57 Å². The monoisotopic (exact) mass is 112 g/mol. The zero-order valence-electron chi connectivity index (χ0n) is 4.81. The van der Waals surface area contributed by atoms with Crippen LogP contribution in [0.15, 0.2) is 29.5 Å². The average molecular weight is 112 g/mol. The highest BCUT2D eigenvalue weighted by molar-refractivity contribution is 5.45. The van der Waals surface area contributed by atoms with E-state index in [1.165, 1.54) is 0 Å². The van der Waals surface area contributed by atoms with Crippen LogP contribution in [-0.4, -0.2) is 0 Å². The van der Waals surface area contributed by atoms with E-state index in [1.54, 1.807) is 6.08 Å². The molecule has 0 saturated carbocycles. The Kier molecular flexibility index (Phi) is 1.61. The van der Waals surface area contributed by atoms with Crippen molar-refractivity contribution in [2.24, 2.45) is 0 Å². The molecule has 0 unspecified atom stereocenters. The molecule has 0 saturated heterocycles. The molecule has 9 heavy (non-hydrogen) atoms. The predicted octanol–water partition coefficient (Wildman–Crippen LogP) is 1.27. The van der Waals surface area contributed by atoms with E-state index >= 15 is 0 Å². The lowest BCUT2D eigenvalue weighted by atomic mass is 10.3. The molecule has 0 aromatic carbocycles. The molecule has 40 valence electrons. The number of hydrogen-bond acceptors (Lipinski definition) is 0. The zero-order chi connectivity index (χ0) is 6.53. The lowest BCUT2D eigenvalue weighted by molar-refractivity contribution is 1.89. The molecule has 0 fully saturated rings. The van der Waals surface area contributed by atoms with Gasteiger partial charge in [-0.15, -0.1) is 12.2 Å². The molecular weight excluding hydrogens is 108 g/mol. The van der Waals surface area contributed by atoms with Crippen molar-refractivity contribution in [3.8, 4) is 24.2 Å². The highest BCUT2D eigenvalue weighted by atomic mass is 13.9. The van der Waals surface area contributed by atoms with E-state index in [9.17, 15) is 0 Å². The second-order valence-electron chi connectivity index (χ2n) is 1.48. The fourth-order valence-electron chi connectivity index (χ4n) is 0.512. The van der Waals surface area contributed by atoms with Crippen molar-refractivity contribution in [2.45, 2.75) is 0 Å². The number of allylic oxidation sites excluding steroid dienone is 3. The lowest BCUT2D eigenvalue weighted by Crippen LogP contribution is -1.61. The van der Waals surface area contributed by atoms with E-state index in [2.05, 4.69) is 23.5 Å². The van der Waals surface area contributed by atoms with Crippen LogP contribution in [0.2, 0.25) is 0 Å². The molecule has 0 bridgehead atoms. The van der Waals surface area contributed by atoms with Gasteiger partial charge in [-0.3, -0.25) is 0 Å². The van der Waals surface area contributed by atoms with Gasteiger partial charge in [0.15, 0.2) is 0 Å².